The third-order valence-corrected chi connectivity index (χ3v) is 4.89. The Kier molecular flexibility index (Phi) is 6.03. The Balaban J connectivity index is 1.53. The Bertz CT molecular complexity index is 710. The number of carbonyl (C=O) groups excluding carboxylic acids is 1. The molecule has 0 spiro atoms. The zero-order chi connectivity index (χ0) is 18.5. The minimum absolute atomic E-state index is 0.0729. The maximum atomic E-state index is 12.8. The standard InChI is InChI=1S/C19H27N5O2/c1-20-18(16-12-21-22(2)13-16)19(26)24-10-8-23(9-11-24)14-17(25)15-6-4-3-5-7-15/h3-7,12-13,17-18,20,25H,8-11,14H2,1-2H3. The highest BCUT2D eigenvalue weighted by Crippen LogP contribution is 2.18. The van der Waals surface area contributed by atoms with Crippen LogP contribution in [0.25, 0.3) is 0 Å². The van der Waals surface area contributed by atoms with Crippen LogP contribution in [-0.2, 0) is 11.8 Å². The molecule has 1 fully saturated rings. The highest BCUT2D eigenvalue weighted by Gasteiger charge is 2.29. The third kappa shape index (κ3) is 4.30. The van der Waals surface area contributed by atoms with Crippen molar-refractivity contribution >= 4 is 5.91 Å². The Hall–Kier alpha value is -2.22. The summed E-state index contributed by atoms with van der Waals surface area (Å²) in [7, 11) is 3.64. The van der Waals surface area contributed by atoms with Crippen molar-refractivity contribution in [1.29, 1.82) is 0 Å². The lowest BCUT2D eigenvalue weighted by molar-refractivity contribution is -0.135. The first-order valence-electron chi connectivity index (χ1n) is 8.98. The molecule has 140 valence electrons. The number of piperazine rings is 1. The van der Waals surface area contributed by atoms with Crippen molar-refractivity contribution in [2.75, 3.05) is 39.8 Å². The molecule has 2 unspecified atom stereocenters. The van der Waals surface area contributed by atoms with Crippen LogP contribution in [0.3, 0.4) is 0 Å². The Morgan fingerprint density at radius 1 is 1.19 bits per heavy atom. The van der Waals surface area contributed by atoms with Crippen LogP contribution in [0.4, 0.5) is 0 Å². The van der Waals surface area contributed by atoms with Gasteiger partial charge in [-0.3, -0.25) is 14.4 Å². The van der Waals surface area contributed by atoms with Crippen LogP contribution in [0.5, 0.6) is 0 Å². The summed E-state index contributed by atoms with van der Waals surface area (Å²) in [6, 6.07) is 9.33. The number of rotatable bonds is 6. The molecule has 1 aromatic carbocycles. The smallest absolute Gasteiger partial charge is 0.244 e. The van der Waals surface area contributed by atoms with Gasteiger partial charge in [0, 0.05) is 51.5 Å². The summed E-state index contributed by atoms with van der Waals surface area (Å²) in [5.74, 6) is 0.0729. The van der Waals surface area contributed by atoms with Crippen LogP contribution in [0.15, 0.2) is 42.7 Å². The van der Waals surface area contributed by atoms with E-state index in [0.29, 0.717) is 19.6 Å². The first-order valence-corrected chi connectivity index (χ1v) is 8.98. The van der Waals surface area contributed by atoms with Crippen molar-refractivity contribution in [2.24, 2.45) is 7.05 Å². The number of hydrogen-bond donors (Lipinski definition) is 2. The van der Waals surface area contributed by atoms with E-state index in [0.717, 1.165) is 24.2 Å². The van der Waals surface area contributed by atoms with Gasteiger partial charge in [-0.05, 0) is 12.6 Å². The van der Waals surface area contributed by atoms with Gasteiger partial charge in [-0.15, -0.1) is 0 Å². The van der Waals surface area contributed by atoms with Crippen LogP contribution < -0.4 is 5.32 Å². The zero-order valence-corrected chi connectivity index (χ0v) is 15.4. The van der Waals surface area contributed by atoms with Gasteiger partial charge in [-0.2, -0.15) is 5.10 Å². The molecule has 26 heavy (non-hydrogen) atoms. The Morgan fingerprint density at radius 3 is 2.46 bits per heavy atom. The van der Waals surface area contributed by atoms with E-state index in [-0.39, 0.29) is 11.9 Å². The van der Waals surface area contributed by atoms with E-state index >= 15 is 0 Å². The van der Waals surface area contributed by atoms with Crippen molar-refractivity contribution in [3.63, 3.8) is 0 Å². The summed E-state index contributed by atoms with van der Waals surface area (Å²) < 4.78 is 1.70. The Labute approximate surface area is 154 Å². The lowest BCUT2D eigenvalue weighted by atomic mass is 10.1. The average Bonchev–Trinajstić information content (AvgIpc) is 3.09. The molecule has 2 heterocycles. The normalized spacial score (nSPS) is 17.9. The number of likely N-dealkylation sites (N-methyl/N-ethyl adjacent to an activating group) is 1. The number of aliphatic hydroxyl groups excluding tert-OH is 1. The molecule has 2 aromatic rings. The highest BCUT2D eigenvalue weighted by molar-refractivity contribution is 5.83. The van der Waals surface area contributed by atoms with Crippen LogP contribution in [-0.4, -0.2) is 70.4 Å². The van der Waals surface area contributed by atoms with Crippen molar-refractivity contribution < 1.29 is 9.90 Å². The summed E-state index contributed by atoms with van der Waals surface area (Å²) in [5.41, 5.74) is 1.81. The molecule has 7 heteroatoms. The number of carbonyl (C=O) groups is 1. The molecule has 0 saturated carbocycles. The molecular formula is C19H27N5O2. The number of aliphatic hydroxyl groups is 1. The van der Waals surface area contributed by atoms with Crippen LogP contribution in [0.1, 0.15) is 23.3 Å². The number of β-amino-alcohol motifs (C(OH)–C–C–N with tert-alkyl or cyclic N) is 1. The summed E-state index contributed by atoms with van der Waals surface area (Å²) in [5, 5.41) is 17.6. The van der Waals surface area contributed by atoms with E-state index in [1.807, 2.05) is 48.5 Å². The minimum atomic E-state index is -0.501. The summed E-state index contributed by atoms with van der Waals surface area (Å²) >= 11 is 0. The first-order chi connectivity index (χ1) is 12.6. The van der Waals surface area contributed by atoms with E-state index in [4.69, 9.17) is 0 Å². The number of amides is 1. The van der Waals surface area contributed by atoms with Gasteiger partial charge in [0.2, 0.25) is 5.91 Å². The maximum absolute atomic E-state index is 12.8. The summed E-state index contributed by atoms with van der Waals surface area (Å²) in [4.78, 5) is 16.9. The number of aryl methyl sites for hydroxylation is 1. The fourth-order valence-electron chi connectivity index (χ4n) is 3.38. The summed E-state index contributed by atoms with van der Waals surface area (Å²) in [6.07, 6.45) is 3.09. The van der Waals surface area contributed by atoms with Gasteiger partial charge >= 0.3 is 0 Å². The number of nitrogens with one attached hydrogen (secondary N) is 1. The predicted molar refractivity (Wildman–Crippen MR) is 99.4 cm³/mol. The maximum Gasteiger partial charge on any atom is 0.244 e. The second kappa shape index (κ2) is 8.44. The van der Waals surface area contributed by atoms with Crippen molar-refractivity contribution in [1.82, 2.24) is 24.9 Å². The van der Waals surface area contributed by atoms with E-state index in [9.17, 15) is 9.90 Å². The number of hydrogen-bond acceptors (Lipinski definition) is 5. The molecule has 2 N–H and O–H groups in total. The van der Waals surface area contributed by atoms with Crippen molar-refractivity contribution in [2.45, 2.75) is 12.1 Å². The fourth-order valence-corrected chi connectivity index (χ4v) is 3.38. The molecule has 2 atom stereocenters. The van der Waals surface area contributed by atoms with E-state index in [1.165, 1.54) is 0 Å². The number of nitrogens with zero attached hydrogens (tertiary/aromatic N) is 4. The molecule has 1 amide bonds. The van der Waals surface area contributed by atoms with Gasteiger partial charge in [0.15, 0.2) is 0 Å². The molecule has 1 aromatic heterocycles. The molecule has 1 aliphatic heterocycles. The van der Waals surface area contributed by atoms with Crippen LogP contribution >= 0.6 is 0 Å². The minimum Gasteiger partial charge on any atom is -0.387 e. The quantitative estimate of drug-likeness (QED) is 0.790. The number of aromatic nitrogens is 2. The molecule has 3 rings (SSSR count). The van der Waals surface area contributed by atoms with E-state index < -0.39 is 6.10 Å². The summed E-state index contributed by atoms with van der Waals surface area (Å²) in [6.45, 7) is 3.44. The number of benzene rings is 1. The molecule has 0 bridgehead atoms. The third-order valence-electron chi connectivity index (χ3n) is 4.89. The molecule has 7 nitrogen and oxygen atoms in total. The van der Waals surface area contributed by atoms with Crippen molar-refractivity contribution in [3.8, 4) is 0 Å². The molecule has 0 aliphatic carbocycles. The molecule has 1 aliphatic rings. The lowest BCUT2D eigenvalue weighted by Crippen LogP contribution is -2.51. The van der Waals surface area contributed by atoms with Gasteiger partial charge in [-0.1, -0.05) is 30.3 Å². The fraction of sp³-hybridized carbons (Fsp3) is 0.474. The second-order valence-electron chi connectivity index (χ2n) is 6.72. The molecular weight excluding hydrogens is 330 g/mol. The molecule has 0 radical (unpaired) electrons. The van der Waals surface area contributed by atoms with Gasteiger partial charge in [-0.25, -0.2) is 0 Å². The lowest BCUT2D eigenvalue weighted by Gasteiger charge is -2.37. The van der Waals surface area contributed by atoms with E-state index in [2.05, 4.69) is 15.3 Å². The largest absolute Gasteiger partial charge is 0.387 e. The first kappa shape index (κ1) is 18.6. The highest BCUT2D eigenvalue weighted by atomic mass is 16.3. The zero-order valence-electron chi connectivity index (χ0n) is 15.4. The second-order valence-corrected chi connectivity index (χ2v) is 6.72. The SMILES string of the molecule is CNC(C(=O)N1CCN(CC(O)c2ccccc2)CC1)c1cnn(C)c1. The van der Waals surface area contributed by atoms with Gasteiger partial charge in [0.1, 0.15) is 6.04 Å². The molecule has 1 saturated heterocycles. The van der Waals surface area contributed by atoms with Gasteiger partial charge < -0.3 is 15.3 Å². The average molecular weight is 357 g/mol. The Morgan fingerprint density at radius 2 is 1.88 bits per heavy atom. The van der Waals surface area contributed by atoms with Crippen LogP contribution in [0.2, 0.25) is 0 Å². The predicted octanol–water partition coefficient (Wildman–Crippen LogP) is 0.558. The van der Waals surface area contributed by atoms with Crippen LogP contribution in [0, 0.1) is 0 Å². The van der Waals surface area contributed by atoms with Gasteiger partial charge in [0.05, 0.1) is 12.3 Å². The topological polar surface area (TPSA) is 73.6 Å². The van der Waals surface area contributed by atoms with Crippen molar-refractivity contribution in [3.05, 3.63) is 53.9 Å². The van der Waals surface area contributed by atoms with Gasteiger partial charge in [0.25, 0.3) is 0 Å². The van der Waals surface area contributed by atoms with E-state index in [1.54, 1.807) is 17.9 Å². The monoisotopic (exact) mass is 357 g/mol.